The molecular weight excluding hydrogens is 368 g/mol. The number of para-hydroxylation sites is 1. The van der Waals surface area contributed by atoms with Crippen molar-refractivity contribution in [1.82, 2.24) is 19.6 Å². The van der Waals surface area contributed by atoms with Gasteiger partial charge in [0.25, 0.3) is 5.91 Å². The van der Waals surface area contributed by atoms with Gasteiger partial charge in [0, 0.05) is 13.1 Å². The summed E-state index contributed by atoms with van der Waals surface area (Å²) >= 11 is 0. The predicted octanol–water partition coefficient (Wildman–Crippen LogP) is 1.96. The average molecular weight is 390 g/mol. The molecule has 29 heavy (non-hydrogen) atoms. The fourth-order valence-electron chi connectivity index (χ4n) is 4.59. The second kappa shape index (κ2) is 6.69. The van der Waals surface area contributed by atoms with Crippen LogP contribution in [0, 0.1) is 18.8 Å². The Hall–Kier alpha value is -3.22. The van der Waals surface area contributed by atoms with E-state index in [1.807, 2.05) is 49.4 Å². The third-order valence-corrected chi connectivity index (χ3v) is 6.30. The summed E-state index contributed by atoms with van der Waals surface area (Å²) in [5.41, 5.74) is 2.22. The molecule has 0 radical (unpaired) electrons. The maximum Gasteiger partial charge on any atom is 0.257 e. The Morgan fingerprint density at radius 2 is 1.62 bits per heavy atom. The van der Waals surface area contributed by atoms with Crippen LogP contribution >= 0.6 is 0 Å². The van der Waals surface area contributed by atoms with E-state index in [2.05, 4.69) is 5.10 Å². The van der Waals surface area contributed by atoms with Crippen LogP contribution in [0.25, 0.3) is 5.69 Å². The van der Waals surface area contributed by atoms with Crippen LogP contribution < -0.4 is 0 Å². The lowest BCUT2D eigenvalue weighted by atomic mass is 9.85. The molecule has 7 nitrogen and oxygen atoms in total. The van der Waals surface area contributed by atoms with E-state index >= 15 is 0 Å². The quantitative estimate of drug-likeness (QED) is 0.593. The number of aromatic nitrogens is 2. The SMILES string of the molecule is Cc1c(C(=O)N2CC(N3C(=O)[C@H]4CC=CC[C@H]4C3=O)C2)cnn1-c1ccccc1. The van der Waals surface area contributed by atoms with E-state index < -0.39 is 0 Å². The van der Waals surface area contributed by atoms with Crippen molar-refractivity contribution in [2.45, 2.75) is 25.8 Å². The number of hydrogen-bond acceptors (Lipinski definition) is 4. The molecule has 0 saturated carbocycles. The Balaban J connectivity index is 1.28. The highest BCUT2D eigenvalue weighted by Crippen LogP contribution is 2.37. The van der Waals surface area contributed by atoms with Gasteiger partial charge in [-0.3, -0.25) is 19.3 Å². The van der Waals surface area contributed by atoms with E-state index in [9.17, 15) is 14.4 Å². The van der Waals surface area contributed by atoms with Gasteiger partial charge in [-0.05, 0) is 31.9 Å². The fraction of sp³-hybridized carbons (Fsp3) is 0.364. The maximum atomic E-state index is 12.9. The summed E-state index contributed by atoms with van der Waals surface area (Å²) in [5, 5.41) is 4.36. The minimum Gasteiger partial charge on any atom is -0.334 e. The summed E-state index contributed by atoms with van der Waals surface area (Å²) in [6.45, 7) is 2.65. The van der Waals surface area contributed by atoms with Gasteiger partial charge in [0.15, 0.2) is 0 Å². The number of fused-ring (bicyclic) bond motifs is 1. The number of amides is 3. The van der Waals surface area contributed by atoms with Gasteiger partial charge in [-0.1, -0.05) is 30.4 Å². The topological polar surface area (TPSA) is 75.5 Å². The van der Waals surface area contributed by atoms with Gasteiger partial charge in [0.2, 0.25) is 11.8 Å². The van der Waals surface area contributed by atoms with E-state index in [-0.39, 0.29) is 35.6 Å². The van der Waals surface area contributed by atoms with Gasteiger partial charge in [-0.15, -0.1) is 0 Å². The first kappa shape index (κ1) is 17.8. The van der Waals surface area contributed by atoms with E-state index in [0.717, 1.165) is 11.4 Å². The number of nitrogens with zero attached hydrogens (tertiary/aromatic N) is 4. The highest BCUT2D eigenvalue weighted by Gasteiger charge is 2.52. The minimum absolute atomic E-state index is 0.0745. The molecule has 1 aliphatic carbocycles. The Morgan fingerprint density at radius 1 is 1.00 bits per heavy atom. The lowest BCUT2D eigenvalue weighted by Crippen LogP contribution is -2.62. The normalized spacial score (nSPS) is 24.0. The number of likely N-dealkylation sites (tertiary alicyclic amines) is 2. The summed E-state index contributed by atoms with van der Waals surface area (Å²) in [6, 6.07) is 9.44. The standard InChI is InChI=1S/C22H22N4O3/c1-14-19(11-23-26(14)15-7-3-2-4-8-15)20(27)24-12-16(13-24)25-21(28)17-9-5-6-10-18(17)22(25)29/h2-8,11,16-18H,9-10,12-13H2,1H3/t17-,18+. The zero-order chi connectivity index (χ0) is 20.1. The molecule has 2 saturated heterocycles. The molecular formula is C22H22N4O3. The highest BCUT2D eigenvalue weighted by molar-refractivity contribution is 6.06. The van der Waals surface area contributed by atoms with Crippen molar-refractivity contribution in [1.29, 1.82) is 0 Å². The van der Waals surface area contributed by atoms with E-state index in [1.165, 1.54) is 4.90 Å². The summed E-state index contributed by atoms with van der Waals surface area (Å²) in [5.74, 6) is -0.699. The first-order valence-electron chi connectivity index (χ1n) is 9.97. The molecule has 0 N–H and O–H groups in total. The molecule has 7 heteroatoms. The van der Waals surface area contributed by atoms with Crippen molar-refractivity contribution in [2.75, 3.05) is 13.1 Å². The Morgan fingerprint density at radius 3 is 2.24 bits per heavy atom. The summed E-state index contributed by atoms with van der Waals surface area (Å²) in [4.78, 5) is 41.4. The largest absolute Gasteiger partial charge is 0.334 e. The number of allylic oxidation sites excluding steroid dienone is 2. The van der Waals surface area contributed by atoms with Gasteiger partial charge in [0.05, 0.1) is 41.0 Å². The monoisotopic (exact) mass is 390 g/mol. The number of rotatable bonds is 3. The van der Waals surface area contributed by atoms with Crippen LogP contribution in [0.3, 0.4) is 0 Å². The fourth-order valence-corrected chi connectivity index (χ4v) is 4.59. The number of carbonyl (C=O) groups excluding carboxylic acids is 3. The van der Waals surface area contributed by atoms with Crippen molar-refractivity contribution >= 4 is 17.7 Å². The van der Waals surface area contributed by atoms with Crippen LogP contribution in [0.1, 0.15) is 28.9 Å². The zero-order valence-corrected chi connectivity index (χ0v) is 16.2. The van der Waals surface area contributed by atoms with Gasteiger partial charge >= 0.3 is 0 Å². The molecule has 3 heterocycles. The van der Waals surface area contributed by atoms with Crippen LogP contribution in [-0.4, -0.2) is 56.4 Å². The molecule has 3 amide bonds. The second-order valence-electron chi connectivity index (χ2n) is 7.96. The van der Waals surface area contributed by atoms with Crippen molar-refractivity contribution in [3.05, 3.63) is 59.9 Å². The van der Waals surface area contributed by atoms with Crippen LogP contribution in [0.2, 0.25) is 0 Å². The molecule has 148 valence electrons. The Bertz CT molecular complexity index is 994. The van der Waals surface area contributed by atoms with Gasteiger partial charge in [0.1, 0.15) is 0 Å². The molecule has 1 aromatic carbocycles. The maximum absolute atomic E-state index is 12.9. The van der Waals surface area contributed by atoms with Crippen molar-refractivity contribution in [2.24, 2.45) is 11.8 Å². The zero-order valence-electron chi connectivity index (χ0n) is 16.2. The summed E-state index contributed by atoms with van der Waals surface area (Å²) in [6.07, 6.45) is 6.83. The molecule has 0 bridgehead atoms. The number of carbonyl (C=O) groups is 3. The molecule has 2 fully saturated rings. The van der Waals surface area contributed by atoms with Crippen LogP contribution in [0.5, 0.6) is 0 Å². The second-order valence-corrected chi connectivity index (χ2v) is 7.96. The third kappa shape index (κ3) is 2.72. The molecule has 0 unspecified atom stereocenters. The van der Waals surface area contributed by atoms with Gasteiger partial charge in [-0.25, -0.2) is 4.68 Å². The first-order valence-corrected chi connectivity index (χ1v) is 9.97. The van der Waals surface area contributed by atoms with E-state index in [1.54, 1.807) is 15.8 Å². The highest BCUT2D eigenvalue weighted by atomic mass is 16.2. The van der Waals surface area contributed by atoms with E-state index in [0.29, 0.717) is 31.5 Å². The van der Waals surface area contributed by atoms with Crippen molar-refractivity contribution < 1.29 is 14.4 Å². The molecule has 2 aromatic rings. The van der Waals surface area contributed by atoms with E-state index in [4.69, 9.17) is 0 Å². The Kier molecular flexibility index (Phi) is 4.12. The summed E-state index contributed by atoms with van der Waals surface area (Å²) < 4.78 is 1.75. The molecule has 1 aromatic heterocycles. The van der Waals surface area contributed by atoms with Gasteiger partial charge in [-0.2, -0.15) is 5.10 Å². The molecule has 3 aliphatic rings. The molecule has 2 aliphatic heterocycles. The molecule has 5 rings (SSSR count). The van der Waals surface area contributed by atoms with Crippen LogP contribution in [0.15, 0.2) is 48.7 Å². The Labute approximate surface area is 168 Å². The molecule has 2 atom stereocenters. The van der Waals surface area contributed by atoms with Crippen LogP contribution in [0.4, 0.5) is 0 Å². The van der Waals surface area contributed by atoms with Crippen molar-refractivity contribution in [3.8, 4) is 5.69 Å². The lowest BCUT2D eigenvalue weighted by Gasteiger charge is -2.43. The average Bonchev–Trinajstić information content (AvgIpc) is 3.21. The smallest absolute Gasteiger partial charge is 0.257 e. The number of hydrogen-bond donors (Lipinski definition) is 0. The first-order chi connectivity index (χ1) is 14.1. The van der Waals surface area contributed by atoms with Crippen LogP contribution in [-0.2, 0) is 9.59 Å². The number of benzene rings is 1. The van der Waals surface area contributed by atoms with Gasteiger partial charge < -0.3 is 4.90 Å². The van der Waals surface area contributed by atoms with Crippen molar-refractivity contribution in [3.63, 3.8) is 0 Å². The lowest BCUT2D eigenvalue weighted by molar-refractivity contribution is -0.145. The third-order valence-electron chi connectivity index (χ3n) is 6.30. The predicted molar refractivity (Wildman–Crippen MR) is 105 cm³/mol. The summed E-state index contributed by atoms with van der Waals surface area (Å²) in [7, 11) is 0. The molecule has 0 spiro atoms. The minimum atomic E-state index is -0.219. The number of imide groups is 1.